The van der Waals surface area contributed by atoms with E-state index < -0.39 is 29.0 Å². The van der Waals surface area contributed by atoms with Crippen LogP contribution in [0.4, 0.5) is 0 Å². The van der Waals surface area contributed by atoms with Crippen LogP contribution in [0.5, 0.6) is 0 Å². The summed E-state index contributed by atoms with van der Waals surface area (Å²) in [6, 6.07) is 0. The topological polar surface area (TPSA) is 105 Å². The molecule has 0 amide bonds. The van der Waals surface area contributed by atoms with E-state index in [9.17, 15) is 14.4 Å². The van der Waals surface area contributed by atoms with Gasteiger partial charge in [0.1, 0.15) is 0 Å². The van der Waals surface area contributed by atoms with Crippen molar-refractivity contribution < 1.29 is 28.6 Å². The minimum Gasteiger partial charge on any atom is -0.466 e. The van der Waals surface area contributed by atoms with E-state index in [1.54, 1.807) is 6.92 Å². The first-order chi connectivity index (χ1) is 10.3. The zero-order valence-corrected chi connectivity index (χ0v) is 13.5. The van der Waals surface area contributed by atoms with Crippen molar-refractivity contribution in [3.05, 3.63) is 0 Å². The highest BCUT2D eigenvalue weighted by Gasteiger charge is 2.59. The molecule has 0 aromatic rings. The van der Waals surface area contributed by atoms with Crippen LogP contribution in [0.3, 0.4) is 0 Å². The second-order valence-electron chi connectivity index (χ2n) is 5.64. The molecule has 0 saturated heterocycles. The van der Waals surface area contributed by atoms with E-state index in [0.29, 0.717) is 12.8 Å². The summed E-state index contributed by atoms with van der Waals surface area (Å²) in [6.07, 6.45) is 3.45. The van der Waals surface area contributed by atoms with Crippen LogP contribution >= 0.6 is 0 Å². The monoisotopic (exact) mass is 315 g/mol. The minimum absolute atomic E-state index is 0.0836. The molecule has 0 bridgehead atoms. The molecule has 7 nitrogen and oxygen atoms in total. The van der Waals surface area contributed by atoms with Crippen molar-refractivity contribution in [3.63, 3.8) is 0 Å². The number of rotatable bonds is 6. The van der Waals surface area contributed by atoms with E-state index in [2.05, 4.69) is 0 Å². The third-order valence-corrected chi connectivity index (χ3v) is 4.18. The number of hydrogen-bond acceptors (Lipinski definition) is 7. The highest BCUT2D eigenvalue weighted by Crippen LogP contribution is 2.48. The van der Waals surface area contributed by atoms with Gasteiger partial charge in [-0.3, -0.25) is 15.3 Å². The van der Waals surface area contributed by atoms with Gasteiger partial charge in [0.25, 0.3) is 5.72 Å². The molecule has 7 heteroatoms. The molecule has 1 rings (SSSR count). The molecule has 1 aliphatic rings. The molecule has 0 aromatic carbocycles. The first-order valence-electron chi connectivity index (χ1n) is 7.54. The second-order valence-corrected chi connectivity index (χ2v) is 5.64. The molecule has 1 unspecified atom stereocenters. The maximum atomic E-state index is 12.2. The maximum absolute atomic E-state index is 12.2. The Hall–Kier alpha value is -1.63. The fourth-order valence-electron chi connectivity index (χ4n) is 3.14. The smallest absolute Gasteiger partial charge is 0.366 e. The predicted molar refractivity (Wildman–Crippen MR) is 77.5 cm³/mol. The Balaban J connectivity index is 3.21. The van der Waals surface area contributed by atoms with Crippen molar-refractivity contribution in [2.75, 3.05) is 13.7 Å². The summed E-state index contributed by atoms with van der Waals surface area (Å²) < 4.78 is 14.9. The van der Waals surface area contributed by atoms with Crippen LogP contribution in [0.25, 0.3) is 0 Å². The van der Waals surface area contributed by atoms with Gasteiger partial charge in [-0.15, -0.1) is 0 Å². The van der Waals surface area contributed by atoms with Crippen molar-refractivity contribution in [1.82, 2.24) is 0 Å². The number of carbonyl (C=O) groups is 3. The molecular formula is C15H25NO6. The molecule has 22 heavy (non-hydrogen) atoms. The summed E-state index contributed by atoms with van der Waals surface area (Å²) in [7, 11) is 1.17. The minimum atomic E-state index is -1.99. The SMILES string of the molecule is CCOC(=O)CC1(C(N)(OC(C)=O)C(=O)OC)CCCCC1. The highest BCUT2D eigenvalue weighted by atomic mass is 16.6. The van der Waals surface area contributed by atoms with Crippen LogP contribution in [0.15, 0.2) is 0 Å². The molecule has 2 N–H and O–H groups in total. The van der Waals surface area contributed by atoms with E-state index in [0.717, 1.165) is 19.3 Å². The Bertz CT molecular complexity index is 430. The van der Waals surface area contributed by atoms with E-state index in [1.807, 2.05) is 0 Å². The van der Waals surface area contributed by atoms with Gasteiger partial charge in [-0.1, -0.05) is 19.3 Å². The summed E-state index contributed by atoms with van der Waals surface area (Å²) in [6.45, 7) is 3.11. The van der Waals surface area contributed by atoms with Gasteiger partial charge in [0, 0.05) is 12.3 Å². The summed E-state index contributed by atoms with van der Waals surface area (Å²) in [4.78, 5) is 35.7. The lowest BCUT2D eigenvalue weighted by atomic mass is 9.65. The zero-order valence-electron chi connectivity index (χ0n) is 13.5. The average molecular weight is 315 g/mol. The lowest BCUT2D eigenvalue weighted by molar-refractivity contribution is -0.204. The standard InChI is InChI=1S/C15H25NO6/c1-4-21-12(18)10-14(8-6-5-7-9-14)15(16,13(19)20-3)22-11(2)17/h4-10,16H2,1-3H3. The molecule has 126 valence electrons. The van der Waals surface area contributed by atoms with Crippen LogP contribution in [0.1, 0.15) is 52.4 Å². The lowest BCUT2D eigenvalue weighted by Gasteiger charge is -2.46. The molecule has 0 spiro atoms. The van der Waals surface area contributed by atoms with Crippen molar-refractivity contribution in [2.45, 2.75) is 58.1 Å². The molecule has 1 fully saturated rings. The average Bonchev–Trinajstić information content (AvgIpc) is 2.46. The number of hydrogen-bond donors (Lipinski definition) is 1. The summed E-state index contributed by atoms with van der Waals surface area (Å²) in [5.74, 6) is -2.01. The Morgan fingerprint density at radius 1 is 1.18 bits per heavy atom. The fraction of sp³-hybridized carbons (Fsp3) is 0.800. The molecule has 0 heterocycles. The van der Waals surface area contributed by atoms with Crippen LogP contribution in [0, 0.1) is 5.41 Å². The van der Waals surface area contributed by atoms with Crippen LogP contribution in [-0.2, 0) is 28.6 Å². The fourth-order valence-corrected chi connectivity index (χ4v) is 3.14. The Morgan fingerprint density at radius 3 is 2.23 bits per heavy atom. The molecule has 1 atom stereocenters. The number of ether oxygens (including phenoxy) is 3. The number of nitrogens with two attached hydrogens (primary N) is 1. The van der Waals surface area contributed by atoms with Crippen LogP contribution in [0.2, 0.25) is 0 Å². The Labute approximate surface area is 130 Å². The molecule has 0 aliphatic heterocycles. The molecule has 1 saturated carbocycles. The van der Waals surface area contributed by atoms with Crippen molar-refractivity contribution in [3.8, 4) is 0 Å². The number of esters is 3. The third kappa shape index (κ3) is 3.76. The lowest BCUT2D eigenvalue weighted by Crippen LogP contribution is -2.65. The van der Waals surface area contributed by atoms with Crippen molar-refractivity contribution >= 4 is 17.9 Å². The van der Waals surface area contributed by atoms with E-state index in [4.69, 9.17) is 19.9 Å². The van der Waals surface area contributed by atoms with Gasteiger partial charge in [0.2, 0.25) is 0 Å². The molecule has 0 aromatic heterocycles. The molecule has 1 aliphatic carbocycles. The van der Waals surface area contributed by atoms with Gasteiger partial charge in [0.15, 0.2) is 0 Å². The largest absolute Gasteiger partial charge is 0.466 e. The quantitative estimate of drug-likeness (QED) is 0.447. The molecular weight excluding hydrogens is 290 g/mol. The van der Waals surface area contributed by atoms with E-state index >= 15 is 0 Å². The number of carbonyl (C=O) groups excluding carboxylic acids is 3. The first kappa shape index (κ1) is 18.4. The van der Waals surface area contributed by atoms with E-state index in [1.165, 1.54) is 14.0 Å². The van der Waals surface area contributed by atoms with Crippen LogP contribution in [-0.4, -0.2) is 37.3 Å². The zero-order chi connectivity index (χ0) is 16.8. The number of methoxy groups -OCH3 is 1. The second kappa shape index (κ2) is 7.58. The summed E-state index contributed by atoms with van der Waals surface area (Å²) >= 11 is 0. The summed E-state index contributed by atoms with van der Waals surface area (Å²) in [5, 5.41) is 0. The van der Waals surface area contributed by atoms with Gasteiger partial charge in [0.05, 0.1) is 20.1 Å². The van der Waals surface area contributed by atoms with Gasteiger partial charge >= 0.3 is 17.9 Å². The van der Waals surface area contributed by atoms with E-state index in [-0.39, 0.29) is 13.0 Å². The van der Waals surface area contributed by atoms with Crippen molar-refractivity contribution in [1.29, 1.82) is 0 Å². The van der Waals surface area contributed by atoms with Gasteiger partial charge in [-0.25, -0.2) is 4.79 Å². The van der Waals surface area contributed by atoms with Gasteiger partial charge in [-0.05, 0) is 19.8 Å². The van der Waals surface area contributed by atoms with Gasteiger partial charge < -0.3 is 14.2 Å². The van der Waals surface area contributed by atoms with Crippen LogP contribution < -0.4 is 5.73 Å². The van der Waals surface area contributed by atoms with Gasteiger partial charge in [-0.2, -0.15) is 0 Å². The normalized spacial score (nSPS) is 19.6. The highest BCUT2D eigenvalue weighted by molar-refractivity contribution is 5.84. The summed E-state index contributed by atoms with van der Waals surface area (Å²) in [5.41, 5.74) is 3.19. The Morgan fingerprint density at radius 2 is 1.77 bits per heavy atom. The predicted octanol–water partition coefficient (Wildman–Crippen LogP) is 1.28. The third-order valence-electron chi connectivity index (χ3n) is 4.18. The maximum Gasteiger partial charge on any atom is 0.366 e. The Kier molecular flexibility index (Phi) is 6.34. The molecule has 0 radical (unpaired) electrons. The van der Waals surface area contributed by atoms with Crippen molar-refractivity contribution in [2.24, 2.45) is 11.1 Å². The first-order valence-corrected chi connectivity index (χ1v) is 7.54.